The topological polar surface area (TPSA) is 58.4 Å². The highest BCUT2D eigenvalue weighted by Crippen LogP contribution is 2.20. The molecule has 1 unspecified atom stereocenters. The zero-order chi connectivity index (χ0) is 14.7. The Morgan fingerprint density at radius 2 is 2.25 bits per heavy atom. The first kappa shape index (κ1) is 14.8. The van der Waals surface area contributed by atoms with Gasteiger partial charge in [-0.25, -0.2) is 0 Å². The number of carbonyl (C=O) groups is 1. The molecule has 1 N–H and O–H groups in total. The molecule has 0 aromatic carbocycles. The van der Waals surface area contributed by atoms with Gasteiger partial charge in [0.05, 0.1) is 5.69 Å². The van der Waals surface area contributed by atoms with E-state index in [0.29, 0.717) is 5.92 Å². The maximum atomic E-state index is 12.1. The van der Waals surface area contributed by atoms with Crippen molar-refractivity contribution in [3.8, 4) is 0 Å². The number of hydrogen-bond donors (Lipinski definition) is 1. The maximum Gasteiger partial charge on any atom is 0.246 e. The van der Waals surface area contributed by atoms with Crippen molar-refractivity contribution in [3.63, 3.8) is 0 Å². The van der Waals surface area contributed by atoms with Crippen LogP contribution in [0.2, 0.25) is 0 Å². The van der Waals surface area contributed by atoms with E-state index in [1.807, 2.05) is 36.6 Å². The van der Waals surface area contributed by atoms with Gasteiger partial charge in [-0.05, 0) is 38.7 Å². The first-order valence-electron chi connectivity index (χ1n) is 7.11. The second-order valence-electron chi connectivity index (χ2n) is 5.49. The van der Waals surface area contributed by atoms with Crippen molar-refractivity contribution < 1.29 is 9.90 Å². The van der Waals surface area contributed by atoms with E-state index in [0.717, 1.165) is 42.9 Å². The standard InChI is InChI=1S/C15H23N3O2/c1-11-14(12(2)17(3)16-11)4-5-15(20)18-8-6-13(10-18)7-9-19/h4-5,13,19H,6-10H2,1-3H3/b5-4+. The number of nitrogens with zero attached hydrogens (tertiary/aromatic N) is 3. The molecule has 1 fully saturated rings. The fourth-order valence-corrected chi connectivity index (χ4v) is 2.74. The molecule has 1 aliphatic rings. The van der Waals surface area contributed by atoms with Crippen LogP contribution in [0.5, 0.6) is 0 Å². The van der Waals surface area contributed by atoms with Gasteiger partial charge in [-0.3, -0.25) is 9.48 Å². The average Bonchev–Trinajstić information content (AvgIpc) is 2.95. The summed E-state index contributed by atoms with van der Waals surface area (Å²) in [6.07, 6.45) is 5.27. The minimum absolute atomic E-state index is 0.0492. The molecule has 1 aromatic rings. The Morgan fingerprint density at radius 3 is 2.85 bits per heavy atom. The summed E-state index contributed by atoms with van der Waals surface area (Å²) in [6.45, 7) is 5.70. The van der Waals surface area contributed by atoms with Crippen LogP contribution in [0.25, 0.3) is 6.08 Å². The van der Waals surface area contributed by atoms with E-state index in [2.05, 4.69) is 5.10 Å². The van der Waals surface area contributed by atoms with E-state index in [9.17, 15) is 4.79 Å². The Bertz CT molecular complexity index is 519. The Kier molecular flexibility index (Phi) is 4.60. The van der Waals surface area contributed by atoms with Crippen LogP contribution in [-0.2, 0) is 11.8 Å². The number of likely N-dealkylation sites (tertiary alicyclic amines) is 1. The van der Waals surface area contributed by atoms with Gasteiger partial charge in [-0.15, -0.1) is 0 Å². The van der Waals surface area contributed by atoms with Crippen LogP contribution in [-0.4, -0.2) is 45.4 Å². The highest BCUT2D eigenvalue weighted by molar-refractivity contribution is 5.92. The number of carbonyl (C=O) groups excluding carboxylic acids is 1. The Hall–Kier alpha value is -1.62. The SMILES string of the molecule is Cc1nn(C)c(C)c1/C=C/C(=O)N1CCC(CCO)C1. The van der Waals surface area contributed by atoms with Crippen molar-refractivity contribution in [2.75, 3.05) is 19.7 Å². The average molecular weight is 277 g/mol. The van der Waals surface area contributed by atoms with Gasteiger partial charge >= 0.3 is 0 Å². The predicted octanol–water partition coefficient (Wildman–Crippen LogP) is 1.28. The summed E-state index contributed by atoms with van der Waals surface area (Å²) in [7, 11) is 1.90. The molecule has 2 heterocycles. The van der Waals surface area contributed by atoms with Crippen LogP contribution in [0.15, 0.2) is 6.08 Å². The number of amides is 1. The second kappa shape index (κ2) is 6.22. The minimum atomic E-state index is 0.0492. The maximum absolute atomic E-state index is 12.1. The molecule has 0 saturated carbocycles. The van der Waals surface area contributed by atoms with Gasteiger partial charge < -0.3 is 10.0 Å². The molecule has 0 spiro atoms. The largest absolute Gasteiger partial charge is 0.396 e. The van der Waals surface area contributed by atoms with Gasteiger partial charge in [0.25, 0.3) is 0 Å². The lowest BCUT2D eigenvalue weighted by Gasteiger charge is -2.13. The van der Waals surface area contributed by atoms with E-state index in [-0.39, 0.29) is 12.5 Å². The van der Waals surface area contributed by atoms with E-state index in [4.69, 9.17) is 5.11 Å². The van der Waals surface area contributed by atoms with Gasteiger partial charge in [0, 0.05) is 44.1 Å². The molecular weight excluding hydrogens is 254 g/mol. The zero-order valence-corrected chi connectivity index (χ0v) is 12.5. The summed E-state index contributed by atoms with van der Waals surface area (Å²) in [4.78, 5) is 14.0. The first-order valence-corrected chi connectivity index (χ1v) is 7.11. The molecule has 110 valence electrons. The summed E-state index contributed by atoms with van der Waals surface area (Å²) in [6, 6.07) is 0. The van der Waals surface area contributed by atoms with Crippen LogP contribution >= 0.6 is 0 Å². The van der Waals surface area contributed by atoms with Crippen molar-refractivity contribution in [3.05, 3.63) is 23.0 Å². The van der Waals surface area contributed by atoms with Crippen molar-refractivity contribution in [1.29, 1.82) is 0 Å². The third kappa shape index (κ3) is 3.10. The highest BCUT2D eigenvalue weighted by Gasteiger charge is 2.24. The van der Waals surface area contributed by atoms with Crippen molar-refractivity contribution in [2.24, 2.45) is 13.0 Å². The summed E-state index contributed by atoms with van der Waals surface area (Å²) < 4.78 is 1.83. The number of aliphatic hydroxyl groups is 1. The van der Waals surface area contributed by atoms with Gasteiger partial charge in [0.2, 0.25) is 5.91 Å². The Balaban J connectivity index is 1.99. The second-order valence-corrected chi connectivity index (χ2v) is 5.49. The summed E-state index contributed by atoms with van der Waals surface area (Å²) in [5, 5.41) is 13.3. The lowest BCUT2D eigenvalue weighted by molar-refractivity contribution is -0.125. The van der Waals surface area contributed by atoms with Crippen LogP contribution in [0, 0.1) is 19.8 Å². The number of rotatable bonds is 4. The van der Waals surface area contributed by atoms with E-state index in [1.54, 1.807) is 6.08 Å². The van der Waals surface area contributed by atoms with Crippen molar-refractivity contribution in [1.82, 2.24) is 14.7 Å². The monoisotopic (exact) mass is 277 g/mol. The van der Waals surface area contributed by atoms with Gasteiger partial charge in [-0.1, -0.05) is 0 Å². The summed E-state index contributed by atoms with van der Waals surface area (Å²) in [5.74, 6) is 0.493. The number of aromatic nitrogens is 2. The van der Waals surface area contributed by atoms with Crippen LogP contribution in [0.1, 0.15) is 29.8 Å². The number of aryl methyl sites for hydroxylation is 2. The molecule has 1 saturated heterocycles. The third-order valence-electron chi connectivity index (χ3n) is 4.09. The van der Waals surface area contributed by atoms with Crippen molar-refractivity contribution >= 4 is 12.0 Å². The Labute approximate surface area is 119 Å². The quantitative estimate of drug-likeness (QED) is 0.844. The lowest BCUT2D eigenvalue weighted by atomic mass is 10.1. The molecule has 2 rings (SSSR count). The van der Waals surface area contributed by atoms with Gasteiger partial charge in [0.15, 0.2) is 0 Å². The minimum Gasteiger partial charge on any atom is -0.396 e. The normalized spacial score (nSPS) is 19.2. The molecule has 1 amide bonds. The summed E-state index contributed by atoms with van der Waals surface area (Å²) in [5.41, 5.74) is 3.02. The van der Waals surface area contributed by atoms with Crippen LogP contribution in [0.3, 0.4) is 0 Å². The smallest absolute Gasteiger partial charge is 0.246 e. The van der Waals surface area contributed by atoms with E-state index in [1.165, 1.54) is 0 Å². The van der Waals surface area contributed by atoms with Gasteiger partial charge in [0.1, 0.15) is 0 Å². The molecule has 5 heteroatoms. The molecule has 20 heavy (non-hydrogen) atoms. The molecule has 1 aromatic heterocycles. The van der Waals surface area contributed by atoms with E-state index >= 15 is 0 Å². The fourth-order valence-electron chi connectivity index (χ4n) is 2.74. The zero-order valence-electron chi connectivity index (χ0n) is 12.5. The fraction of sp³-hybridized carbons (Fsp3) is 0.600. The predicted molar refractivity (Wildman–Crippen MR) is 78.1 cm³/mol. The first-order chi connectivity index (χ1) is 9.52. The van der Waals surface area contributed by atoms with Gasteiger partial charge in [-0.2, -0.15) is 5.10 Å². The highest BCUT2D eigenvalue weighted by atomic mass is 16.3. The molecule has 0 aliphatic carbocycles. The van der Waals surface area contributed by atoms with Crippen LogP contribution in [0.4, 0.5) is 0 Å². The van der Waals surface area contributed by atoms with Crippen molar-refractivity contribution in [2.45, 2.75) is 26.7 Å². The molecular formula is C15H23N3O2. The van der Waals surface area contributed by atoms with Crippen LogP contribution < -0.4 is 0 Å². The third-order valence-corrected chi connectivity index (χ3v) is 4.09. The Morgan fingerprint density at radius 1 is 1.50 bits per heavy atom. The van der Waals surface area contributed by atoms with E-state index < -0.39 is 0 Å². The lowest BCUT2D eigenvalue weighted by Crippen LogP contribution is -2.26. The molecule has 0 bridgehead atoms. The number of aliphatic hydroxyl groups excluding tert-OH is 1. The summed E-state index contributed by atoms with van der Waals surface area (Å²) >= 11 is 0. The molecule has 1 atom stereocenters. The number of hydrogen-bond acceptors (Lipinski definition) is 3. The molecule has 5 nitrogen and oxygen atoms in total. The molecule has 1 aliphatic heterocycles. The molecule has 0 radical (unpaired) electrons.